The van der Waals surface area contributed by atoms with Gasteiger partial charge in [0.05, 0.1) is 11.7 Å². The van der Waals surface area contributed by atoms with Gasteiger partial charge in [0.2, 0.25) is 0 Å². The lowest BCUT2D eigenvalue weighted by Gasteiger charge is -2.27. The summed E-state index contributed by atoms with van der Waals surface area (Å²) in [6.45, 7) is 0. The molecule has 1 N–H and O–H groups in total. The van der Waals surface area contributed by atoms with Gasteiger partial charge in [-0.15, -0.1) is 0 Å². The second-order valence-corrected chi connectivity index (χ2v) is 5.72. The van der Waals surface area contributed by atoms with Crippen LogP contribution in [-0.2, 0) is 6.42 Å². The number of anilines is 1. The second kappa shape index (κ2) is 5.64. The number of fused-ring (bicyclic) bond motifs is 1. The summed E-state index contributed by atoms with van der Waals surface area (Å²) in [4.78, 5) is 4.85. The summed E-state index contributed by atoms with van der Waals surface area (Å²) in [5.41, 5.74) is 4.83. The van der Waals surface area contributed by atoms with E-state index in [0.717, 1.165) is 29.9 Å². The topological polar surface area (TPSA) is 24.9 Å². The lowest BCUT2D eigenvalue weighted by Crippen LogP contribution is -2.19. The summed E-state index contributed by atoms with van der Waals surface area (Å²) in [5, 5.41) is 3.61. The predicted molar refractivity (Wildman–Crippen MR) is 90.8 cm³/mol. The molecule has 0 spiro atoms. The highest BCUT2D eigenvalue weighted by Crippen LogP contribution is 2.32. The third kappa shape index (κ3) is 2.48. The second-order valence-electron chi connectivity index (χ2n) is 5.72. The van der Waals surface area contributed by atoms with Crippen LogP contribution in [-0.4, -0.2) is 4.98 Å². The molecule has 0 radical (unpaired) electrons. The lowest BCUT2D eigenvalue weighted by molar-refractivity contribution is 0.661. The van der Waals surface area contributed by atoms with Crippen LogP contribution in [0.1, 0.15) is 23.6 Å². The fourth-order valence-corrected chi connectivity index (χ4v) is 3.06. The van der Waals surface area contributed by atoms with Crippen LogP contribution in [0.25, 0.3) is 11.3 Å². The molecule has 1 atom stereocenters. The van der Waals surface area contributed by atoms with Crippen molar-refractivity contribution in [2.45, 2.75) is 18.9 Å². The van der Waals surface area contributed by atoms with E-state index in [9.17, 15) is 0 Å². The molecule has 2 nitrogen and oxygen atoms in total. The van der Waals surface area contributed by atoms with Gasteiger partial charge in [-0.1, -0.05) is 66.7 Å². The molecule has 22 heavy (non-hydrogen) atoms. The fraction of sp³-hybridized carbons (Fsp3) is 0.150. The zero-order chi connectivity index (χ0) is 14.8. The van der Waals surface area contributed by atoms with Gasteiger partial charge < -0.3 is 5.32 Å². The number of aryl methyl sites for hydroxylation is 1. The van der Waals surface area contributed by atoms with Crippen LogP contribution in [0.4, 0.5) is 5.82 Å². The molecule has 1 unspecified atom stereocenters. The minimum absolute atomic E-state index is 0.354. The molecule has 4 rings (SSSR count). The van der Waals surface area contributed by atoms with Crippen molar-refractivity contribution < 1.29 is 0 Å². The smallest absolute Gasteiger partial charge is 0.130 e. The third-order valence-electron chi connectivity index (χ3n) is 4.26. The average molecular weight is 286 g/mol. The number of benzene rings is 2. The van der Waals surface area contributed by atoms with Gasteiger partial charge >= 0.3 is 0 Å². The quantitative estimate of drug-likeness (QED) is 0.728. The van der Waals surface area contributed by atoms with Gasteiger partial charge in [0.1, 0.15) is 5.82 Å². The summed E-state index contributed by atoms with van der Waals surface area (Å²) in [6, 6.07) is 25.7. The van der Waals surface area contributed by atoms with E-state index >= 15 is 0 Å². The number of hydrogen-bond acceptors (Lipinski definition) is 2. The molecule has 0 fully saturated rings. The molecule has 1 aromatic heterocycles. The summed E-state index contributed by atoms with van der Waals surface area (Å²) < 4.78 is 0. The molecule has 0 amide bonds. The summed E-state index contributed by atoms with van der Waals surface area (Å²) >= 11 is 0. The molecule has 3 aromatic rings. The molecule has 0 aliphatic carbocycles. The zero-order valence-electron chi connectivity index (χ0n) is 12.4. The molecular formula is C20H18N2. The van der Waals surface area contributed by atoms with Crippen LogP contribution >= 0.6 is 0 Å². The Balaban J connectivity index is 1.66. The molecule has 108 valence electrons. The van der Waals surface area contributed by atoms with Crippen molar-refractivity contribution in [3.8, 4) is 11.3 Å². The Morgan fingerprint density at radius 1 is 0.818 bits per heavy atom. The highest BCUT2D eigenvalue weighted by atomic mass is 15.0. The highest BCUT2D eigenvalue weighted by Gasteiger charge is 2.20. The van der Waals surface area contributed by atoms with E-state index in [1.807, 2.05) is 6.07 Å². The van der Waals surface area contributed by atoms with Crippen molar-refractivity contribution in [3.05, 3.63) is 83.9 Å². The van der Waals surface area contributed by atoms with Crippen molar-refractivity contribution in [3.63, 3.8) is 0 Å². The number of nitrogens with one attached hydrogen (secondary N) is 1. The molecule has 2 heteroatoms. The number of hydrogen-bond donors (Lipinski definition) is 1. The van der Waals surface area contributed by atoms with Gasteiger partial charge in [-0.2, -0.15) is 0 Å². The summed E-state index contributed by atoms with van der Waals surface area (Å²) in [7, 11) is 0. The normalized spacial score (nSPS) is 16.6. The van der Waals surface area contributed by atoms with Crippen molar-refractivity contribution in [2.75, 3.05) is 5.32 Å². The van der Waals surface area contributed by atoms with E-state index in [2.05, 4.69) is 72.0 Å². The SMILES string of the molecule is c1ccc(-c2ccc3c(n2)NC(c2ccccc2)CC3)cc1. The van der Waals surface area contributed by atoms with Gasteiger partial charge in [0, 0.05) is 5.56 Å². The van der Waals surface area contributed by atoms with Gasteiger partial charge in [-0.05, 0) is 30.0 Å². The Bertz CT molecular complexity index is 766. The Hall–Kier alpha value is -2.61. The Labute approximate surface area is 130 Å². The zero-order valence-corrected chi connectivity index (χ0v) is 12.4. The van der Waals surface area contributed by atoms with Crippen molar-refractivity contribution >= 4 is 5.82 Å². The van der Waals surface area contributed by atoms with Crippen molar-refractivity contribution in [1.29, 1.82) is 0 Å². The number of aromatic nitrogens is 1. The predicted octanol–water partition coefficient (Wildman–Crippen LogP) is 4.85. The summed E-state index contributed by atoms with van der Waals surface area (Å²) in [6.07, 6.45) is 2.19. The maximum absolute atomic E-state index is 4.85. The van der Waals surface area contributed by atoms with Crippen LogP contribution in [0.15, 0.2) is 72.8 Å². The number of nitrogens with zero attached hydrogens (tertiary/aromatic N) is 1. The van der Waals surface area contributed by atoms with E-state index in [1.165, 1.54) is 11.1 Å². The molecule has 0 saturated carbocycles. The first-order chi connectivity index (χ1) is 10.9. The molecule has 0 bridgehead atoms. The van der Waals surface area contributed by atoms with Gasteiger partial charge in [0.25, 0.3) is 0 Å². The van der Waals surface area contributed by atoms with E-state index < -0.39 is 0 Å². The maximum Gasteiger partial charge on any atom is 0.130 e. The first-order valence-electron chi connectivity index (χ1n) is 7.77. The highest BCUT2D eigenvalue weighted by molar-refractivity contribution is 5.63. The number of rotatable bonds is 2. The van der Waals surface area contributed by atoms with E-state index in [0.29, 0.717) is 6.04 Å². The maximum atomic E-state index is 4.85. The van der Waals surface area contributed by atoms with E-state index in [4.69, 9.17) is 4.98 Å². The fourth-order valence-electron chi connectivity index (χ4n) is 3.06. The largest absolute Gasteiger partial charge is 0.363 e. The van der Waals surface area contributed by atoms with Gasteiger partial charge in [-0.25, -0.2) is 4.98 Å². The first kappa shape index (κ1) is 13.1. The Morgan fingerprint density at radius 3 is 2.32 bits per heavy atom. The molecule has 0 saturated heterocycles. The van der Waals surface area contributed by atoms with Crippen LogP contribution in [0.5, 0.6) is 0 Å². The molecule has 1 aliphatic heterocycles. The third-order valence-corrected chi connectivity index (χ3v) is 4.26. The van der Waals surface area contributed by atoms with Crippen LogP contribution in [0, 0.1) is 0 Å². The molecule has 2 heterocycles. The first-order valence-corrected chi connectivity index (χ1v) is 7.77. The number of pyridine rings is 1. The van der Waals surface area contributed by atoms with E-state index in [1.54, 1.807) is 0 Å². The lowest BCUT2D eigenvalue weighted by atomic mass is 9.95. The minimum atomic E-state index is 0.354. The Kier molecular flexibility index (Phi) is 3.36. The standard InChI is InChI=1S/C20H18N2/c1-3-7-15(8-4-1)18-13-11-17-12-14-19(22-20(17)21-18)16-9-5-2-6-10-16/h1-11,13,19H,12,14H2,(H,21,22). The van der Waals surface area contributed by atoms with Crippen LogP contribution in [0.3, 0.4) is 0 Å². The summed E-state index contributed by atoms with van der Waals surface area (Å²) in [5.74, 6) is 1.03. The van der Waals surface area contributed by atoms with Crippen molar-refractivity contribution in [2.24, 2.45) is 0 Å². The molecular weight excluding hydrogens is 268 g/mol. The Morgan fingerprint density at radius 2 is 1.55 bits per heavy atom. The monoisotopic (exact) mass is 286 g/mol. The van der Waals surface area contributed by atoms with Gasteiger partial charge in [0.15, 0.2) is 0 Å². The van der Waals surface area contributed by atoms with Gasteiger partial charge in [-0.3, -0.25) is 0 Å². The van der Waals surface area contributed by atoms with Crippen LogP contribution in [0.2, 0.25) is 0 Å². The van der Waals surface area contributed by atoms with Crippen LogP contribution < -0.4 is 5.32 Å². The van der Waals surface area contributed by atoms with E-state index in [-0.39, 0.29) is 0 Å². The molecule has 2 aromatic carbocycles. The van der Waals surface area contributed by atoms with Crippen molar-refractivity contribution in [1.82, 2.24) is 4.98 Å². The molecule has 1 aliphatic rings. The minimum Gasteiger partial charge on any atom is -0.363 e. The average Bonchev–Trinajstić information content (AvgIpc) is 2.62.